The van der Waals surface area contributed by atoms with Crippen molar-refractivity contribution in [1.82, 2.24) is 0 Å². The molecule has 0 aromatic heterocycles. The Morgan fingerprint density at radius 3 is 2.27 bits per heavy atom. The molecule has 0 spiro atoms. The van der Waals surface area contributed by atoms with E-state index in [2.05, 4.69) is 52.0 Å². The number of benzene rings is 3. The lowest BCUT2D eigenvalue weighted by molar-refractivity contribution is -0.143. The van der Waals surface area contributed by atoms with Gasteiger partial charge in [0.05, 0.1) is 26.7 Å². The molecule has 3 aromatic carbocycles. The van der Waals surface area contributed by atoms with Crippen LogP contribution in [-0.4, -0.2) is 26.3 Å². The third-order valence-electron chi connectivity index (χ3n) is 6.95. The van der Waals surface area contributed by atoms with Crippen molar-refractivity contribution < 1.29 is 23.7 Å². The maximum Gasteiger partial charge on any atom is 0.306 e. The summed E-state index contributed by atoms with van der Waals surface area (Å²) in [4.78, 5) is 12.1. The van der Waals surface area contributed by atoms with Crippen molar-refractivity contribution in [3.8, 4) is 28.4 Å². The summed E-state index contributed by atoms with van der Waals surface area (Å²) in [6, 6.07) is 20.5. The number of carbonyl (C=O) groups excluding carboxylic acids is 1. The number of unbranched alkanes of at least 4 members (excludes halogenated alkanes) is 1. The Bertz CT molecular complexity index is 1280. The van der Waals surface area contributed by atoms with Crippen LogP contribution in [0.4, 0.5) is 0 Å². The molecule has 41 heavy (non-hydrogen) atoms. The van der Waals surface area contributed by atoms with Crippen molar-refractivity contribution in [3.05, 3.63) is 89.5 Å². The lowest BCUT2D eigenvalue weighted by atomic mass is 9.81. The molecule has 1 atom stereocenters. The van der Waals surface area contributed by atoms with E-state index in [4.69, 9.17) is 18.9 Å². The number of allylic oxidation sites excluding steroid dienone is 2. The van der Waals surface area contributed by atoms with E-state index in [-0.39, 0.29) is 17.3 Å². The van der Waals surface area contributed by atoms with Crippen LogP contribution in [0.25, 0.3) is 11.1 Å². The van der Waals surface area contributed by atoms with Gasteiger partial charge in [-0.3, -0.25) is 4.79 Å². The Kier molecular flexibility index (Phi) is 11.9. The molecule has 5 heteroatoms. The molecule has 0 radical (unpaired) electrons. The van der Waals surface area contributed by atoms with Gasteiger partial charge in [-0.1, -0.05) is 70.5 Å². The summed E-state index contributed by atoms with van der Waals surface area (Å²) in [7, 11) is 1.69. The highest BCUT2D eigenvalue weighted by atomic mass is 16.5. The normalized spacial score (nSPS) is 12.3. The molecule has 3 aromatic rings. The molecule has 5 nitrogen and oxygen atoms in total. The minimum absolute atomic E-state index is 0.0304. The van der Waals surface area contributed by atoms with Gasteiger partial charge in [-0.15, -0.1) is 0 Å². The molecule has 0 saturated carbocycles. The number of rotatable bonds is 14. The first-order valence-corrected chi connectivity index (χ1v) is 14.7. The van der Waals surface area contributed by atoms with E-state index in [1.807, 2.05) is 62.4 Å². The van der Waals surface area contributed by atoms with Crippen LogP contribution in [0, 0.1) is 0 Å². The van der Waals surface area contributed by atoms with E-state index < -0.39 is 0 Å². The predicted molar refractivity (Wildman–Crippen MR) is 167 cm³/mol. The molecular formula is C36H46O5. The highest BCUT2D eigenvalue weighted by Gasteiger charge is 2.22. The smallest absolute Gasteiger partial charge is 0.306 e. The zero-order chi connectivity index (χ0) is 29.8. The summed E-state index contributed by atoms with van der Waals surface area (Å²) in [5, 5.41) is 0. The number of hydrogen-bond acceptors (Lipinski definition) is 5. The summed E-state index contributed by atoms with van der Waals surface area (Å²) in [6.07, 6.45) is 6.39. The first-order chi connectivity index (χ1) is 19.7. The van der Waals surface area contributed by atoms with E-state index in [1.165, 1.54) is 5.56 Å². The van der Waals surface area contributed by atoms with Gasteiger partial charge in [0.1, 0.15) is 23.9 Å². The summed E-state index contributed by atoms with van der Waals surface area (Å²) >= 11 is 0. The average Bonchev–Trinajstić information content (AvgIpc) is 2.96. The SMILES string of the molecule is CC=C[C@H](CC(=O)OCC)c1ccc(OCc2ccc(C(C)(C)C)c(-c3cc(OC)ccc3OCCCC)c2)cc1. The van der Waals surface area contributed by atoms with E-state index in [9.17, 15) is 4.79 Å². The molecule has 0 aliphatic rings. The van der Waals surface area contributed by atoms with Crippen LogP contribution in [-0.2, 0) is 21.6 Å². The average molecular weight is 559 g/mol. The third kappa shape index (κ3) is 9.14. The Balaban J connectivity index is 1.86. The molecule has 0 heterocycles. The summed E-state index contributed by atoms with van der Waals surface area (Å²) in [6.45, 7) is 14.1. The van der Waals surface area contributed by atoms with Crippen molar-refractivity contribution in [3.63, 3.8) is 0 Å². The van der Waals surface area contributed by atoms with E-state index >= 15 is 0 Å². The van der Waals surface area contributed by atoms with Gasteiger partial charge in [-0.05, 0) is 84.3 Å². The monoisotopic (exact) mass is 558 g/mol. The zero-order valence-corrected chi connectivity index (χ0v) is 25.8. The van der Waals surface area contributed by atoms with Gasteiger partial charge >= 0.3 is 5.97 Å². The van der Waals surface area contributed by atoms with Crippen LogP contribution in [0.5, 0.6) is 17.2 Å². The standard InChI is InChI=1S/C36H46O5/c1-8-11-21-40-34-20-18-30(38-7)24-32(34)31-22-26(13-19-33(31)36(4,5)6)25-41-29-16-14-27(15-17-29)28(12-9-2)23-35(37)39-10-3/h9,12-20,22,24,28H,8,10-11,21,23,25H2,1-7H3/t28-/m1/s1. The Morgan fingerprint density at radius 2 is 1.63 bits per heavy atom. The molecule has 0 bridgehead atoms. The van der Waals surface area contributed by atoms with Crippen LogP contribution >= 0.6 is 0 Å². The van der Waals surface area contributed by atoms with Crippen LogP contribution in [0.3, 0.4) is 0 Å². The van der Waals surface area contributed by atoms with Crippen LogP contribution in [0.1, 0.15) is 83.4 Å². The second kappa shape index (κ2) is 15.3. The minimum atomic E-state index is -0.194. The van der Waals surface area contributed by atoms with Gasteiger partial charge in [0.2, 0.25) is 0 Å². The van der Waals surface area contributed by atoms with Gasteiger partial charge < -0.3 is 18.9 Å². The zero-order valence-electron chi connectivity index (χ0n) is 25.8. The van der Waals surface area contributed by atoms with Gasteiger partial charge in [0.15, 0.2) is 0 Å². The molecular weight excluding hydrogens is 512 g/mol. The largest absolute Gasteiger partial charge is 0.497 e. The Labute approximate surface area is 246 Å². The summed E-state index contributed by atoms with van der Waals surface area (Å²) in [5.41, 5.74) is 5.42. The fourth-order valence-electron chi connectivity index (χ4n) is 4.76. The van der Waals surface area contributed by atoms with Crippen molar-refractivity contribution >= 4 is 5.97 Å². The topological polar surface area (TPSA) is 54.0 Å². The number of methoxy groups -OCH3 is 1. The molecule has 0 N–H and O–H groups in total. The van der Waals surface area contributed by atoms with Crippen molar-refractivity contribution in [1.29, 1.82) is 0 Å². The van der Waals surface area contributed by atoms with Gasteiger partial charge in [-0.2, -0.15) is 0 Å². The summed E-state index contributed by atoms with van der Waals surface area (Å²) < 4.78 is 23.2. The van der Waals surface area contributed by atoms with Gasteiger partial charge in [-0.25, -0.2) is 0 Å². The van der Waals surface area contributed by atoms with Crippen molar-refractivity contribution in [2.75, 3.05) is 20.3 Å². The molecule has 0 fully saturated rings. The number of carbonyl (C=O) groups is 1. The Hall–Kier alpha value is -3.73. The fraction of sp³-hybridized carbons (Fsp3) is 0.417. The molecule has 0 aliphatic carbocycles. The van der Waals surface area contributed by atoms with E-state index in [1.54, 1.807) is 7.11 Å². The number of ether oxygens (including phenoxy) is 4. The van der Waals surface area contributed by atoms with Crippen molar-refractivity contribution in [2.45, 2.75) is 78.7 Å². The van der Waals surface area contributed by atoms with Crippen LogP contribution in [0.15, 0.2) is 72.8 Å². The summed E-state index contributed by atoms with van der Waals surface area (Å²) in [5.74, 6) is 2.20. The maximum atomic E-state index is 12.1. The first-order valence-electron chi connectivity index (χ1n) is 14.7. The van der Waals surface area contributed by atoms with Gasteiger partial charge in [0.25, 0.3) is 0 Å². The van der Waals surface area contributed by atoms with E-state index in [0.717, 1.165) is 52.3 Å². The number of esters is 1. The lowest BCUT2D eigenvalue weighted by Gasteiger charge is -2.25. The quantitative estimate of drug-likeness (QED) is 0.112. The molecule has 0 aliphatic heterocycles. The second-order valence-corrected chi connectivity index (χ2v) is 11.2. The second-order valence-electron chi connectivity index (χ2n) is 11.2. The molecule has 0 amide bonds. The Morgan fingerprint density at radius 1 is 0.902 bits per heavy atom. The lowest BCUT2D eigenvalue weighted by Crippen LogP contribution is -2.14. The van der Waals surface area contributed by atoms with Crippen LogP contribution in [0.2, 0.25) is 0 Å². The van der Waals surface area contributed by atoms with E-state index in [0.29, 0.717) is 26.2 Å². The number of hydrogen-bond donors (Lipinski definition) is 0. The van der Waals surface area contributed by atoms with Crippen molar-refractivity contribution in [2.24, 2.45) is 0 Å². The maximum absolute atomic E-state index is 12.1. The molecule has 0 saturated heterocycles. The molecule has 0 unspecified atom stereocenters. The highest BCUT2D eigenvalue weighted by molar-refractivity contribution is 5.76. The third-order valence-corrected chi connectivity index (χ3v) is 6.95. The highest BCUT2D eigenvalue weighted by Crippen LogP contribution is 2.40. The van der Waals surface area contributed by atoms with Gasteiger partial charge in [0, 0.05) is 11.5 Å². The minimum Gasteiger partial charge on any atom is -0.497 e. The molecule has 3 rings (SSSR count). The van der Waals surface area contributed by atoms with Crippen LogP contribution < -0.4 is 14.2 Å². The molecule has 220 valence electrons. The predicted octanol–water partition coefficient (Wildman–Crippen LogP) is 9.03. The fourth-order valence-corrected chi connectivity index (χ4v) is 4.76. The first kappa shape index (κ1) is 31.8.